The quantitative estimate of drug-likeness (QED) is 0.0119. The Morgan fingerprint density at radius 3 is 0.731 bits per heavy atom. The average Bonchev–Trinajstić information content (AvgIpc) is 4.20. The van der Waals surface area contributed by atoms with Crippen LogP contribution in [0.1, 0.15) is 178 Å². The number of thiol groups is 2. The third kappa shape index (κ3) is 65.1. The van der Waals surface area contributed by atoms with Crippen LogP contribution in [0, 0.1) is 0 Å². The molecule has 1 aliphatic rings. The third-order valence-electron chi connectivity index (χ3n) is 12.1. The van der Waals surface area contributed by atoms with Crippen LogP contribution in [0.25, 0.3) is 0 Å². The molecular weight excluding hydrogens is 1110 g/mol. The number of hydrogen-bond acceptors (Lipinski definition) is 21. The van der Waals surface area contributed by atoms with E-state index in [4.69, 9.17) is 16.2 Å². The molecule has 12 N–H and O–H groups in total. The van der Waals surface area contributed by atoms with Crippen LogP contribution in [-0.2, 0) is 4.74 Å². The lowest BCUT2D eigenvalue weighted by Gasteiger charge is -2.27. The molecule has 1 fully saturated rings. The Labute approximate surface area is 507 Å². The summed E-state index contributed by atoms with van der Waals surface area (Å²) in [6, 6.07) is 0. The smallest absolute Gasteiger partial charge is 0.0809 e. The van der Waals surface area contributed by atoms with E-state index < -0.39 is 0 Å². The molecule has 0 spiro atoms. The number of epoxide rings is 1. The molecule has 1 rings (SSSR count). The van der Waals surface area contributed by atoms with Gasteiger partial charge in [-0.05, 0) is 57.8 Å². The molecule has 0 radical (unpaired) electrons. The molecule has 0 amide bonds. The SMILES string of the molecule is CCCC(O)CN(CCS)CC(O)CCC.CCCC(O)CN(CCS)CC(O)CCC.CCCC(O)CN(CCSSCCN(CC(O)CCC)CC(O)CCC)CC(O)CCC.CCCC1CO1.NCCSSCCN. The van der Waals surface area contributed by atoms with Crippen LogP contribution in [0.2, 0.25) is 0 Å². The lowest BCUT2D eigenvalue weighted by Crippen LogP contribution is -2.39. The highest BCUT2D eigenvalue weighted by atomic mass is 33.1. The van der Waals surface area contributed by atoms with Gasteiger partial charge >= 0.3 is 0 Å². The summed E-state index contributed by atoms with van der Waals surface area (Å²) in [5.74, 6) is 5.48. The van der Waals surface area contributed by atoms with Crippen LogP contribution in [0.4, 0.5) is 0 Å². The molecule has 1 saturated heterocycles. The molecule has 1 heterocycles. The first-order chi connectivity index (χ1) is 37.5. The van der Waals surface area contributed by atoms with Crippen molar-refractivity contribution in [1.82, 2.24) is 19.6 Å². The number of nitrogens with zero attached hydrogens (tertiary/aromatic N) is 4. The topological polar surface area (TPSA) is 239 Å². The molecule has 0 aromatic carbocycles. The summed E-state index contributed by atoms with van der Waals surface area (Å²) in [6.45, 7) is 29.8. The van der Waals surface area contributed by atoms with Gasteiger partial charge in [-0.25, -0.2) is 0 Å². The summed E-state index contributed by atoms with van der Waals surface area (Å²) in [5.41, 5.74) is 10.5. The van der Waals surface area contributed by atoms with Gasteiger partial charge in [0.1, 0.15) is 0 Å². The van der Waals surface area contributed by atoms with Crippen molar-refractivity contribution in [2.75, 3.05) is 133 Å². The van der Waals surface area contributed by atoms with Crippen LogP contribution in [0.5, 0.6) is 0 Å². The Morgan fingerprint density at radius 1 is 0.372 bits per heavy atom. The fraction of sp³-hybridized carbons (Fsp3) is 1.00. The fourth-order valence-electron chi connectivity index (χ4n) is 8.31. The fourth-order valence-corrected chi connectivity index (χ4v) is 12.6. The van der Waals surface area contributed by atoms with E-state index in [9.17, 15) is 40.9 Å². The first-order valence-corrected chi connectivity index (χ1v) is 36.8. The van der Waals surface area contributed by atoms with Gasteiger partial charge < -0.3 is 57.1 Å². The monoisotopic (exact) mass is 1230 g/mol. The van der Waals surface area contributed by atoms with Crippen molar-refractivity contribution in [1.29, 1.82) is 0 Å². The molecule has 0 aromatic heterocycles. The van der Waals surface area contributed by atoms with E-state index in [0.717, 1.165) is 183 Å². The summed E-state index contributed by atoms with van der Waals surface area (Å²) in [6.07, 6.45) is 15.1. The van der Waals surface area contributed by atoms with E-state index in [2.05, 4.69) is 107 Å². The van der Waals surface area contributed by atoms with Gasteiger partial charge in [0, 0.05) is 126 Å². The van der Waals surface area contributed by atoms with Gasteiger partial charge in [-0.2, -0.15) is 25.3 Å². The molecule has 9 atom stereocenters. The normalized spacial score (nSPS) is 16.2. The first kappa shape index (κ1) is 85.9. The summed E-state index contributed by atoms with van der Waals surface area (Å²) in [7, 11) is 7.22. The van der Waals surface area contributed by atoms with Crippen molar-refractivity contribution in [3.8, 4) is 0 Å². The Morgan fingerprint density at radius 2 is 0.577 bits per heavy atom. The van der Waals surface area contributed by atoms with E-state index in [1.165, 1.54) is 12.8 Å². The van der Waals surface area contributed by atoms with Gasteiger partial charge in [-0.15, -0.1) is 0 Å². The lowest BCUT2D eigenvalue weighted by molar-refractivity contribution is 0.0649. The van der Waals surface area contributed by atoms with E-state index in [-0.39, 0.29) is 48.8 Å². The minimum atomic E-state index is -0.330. The molecule has 0 bridgehead atoms. The molecule has 78 heavy (non-hydrogen) atoms. The highest BCUT2D eigenvalue weighted by Gasteiger charge is 2.21. The number of aliphatic hydroxyl groups excluding tert-OH is 8. The van der Waals surface area contributed by atoms with E-state index in [1.54, 1.807) is 21.6 Å². The third-order valence-corrected chi connectivity index (χ3v) is 17.4. The Kier molecular flexibility index (Phi) is 72.8. The van der Waals surface area contributed by atoms with Crippen LogP contribution in [-0.4, -0.2) is 248 Å². The summed E-state index contributed by atoms with van der Waals surface area (Å²) >= 11 is 8.41. The zero-order valence-corrected chi connectivity index (χ0v) is 56.3. The summed E-state index contributed by atoms with van der Waals surface area (Å²) in [4.78, 5) is 8.60. The average molecular weight is 1230 g/mol. The van der Waals surface area contributed by atoms with Crippen LogP contribution < -0.4 is 11.5 Å². The summed E-state index contributed by atoms with van der Waals surface area (Å²) in [5, 5.41) is 79.8. The van der Waals surface area contributed by atoms with Gasteiger partial charge in [-0.3, -0.25) is 19.6 Å². The van der Waals surface area contributed by atoms with E-state index in [1.807, 2.05) is 21.6 Å². The highest BCUT2D eigenvalue weighted by molar-refractivity contribution is 8.77. The molecule has 0 saturated carbocycles. The number of nitrogens with two attached hydrogens (primary N) is 2. The van der Waals surface area contributed by atoms with Crippen LogP contribution in [0.3, 0.4) is 0 Å². The minimum Gasteiger partial charge on any atom is -0.392 e. The molecule has 0 aliphatic carbocycles. The van der Waals surface area contributed by atoms with Crippen molar-refractivity contribution in [2.45, 2.75) is 233 Å². The molecule has 21 heteroatoms. The van der Waals surface area contributed by atoms with Crippen molar-refractivity contribution in [3.63, 3.8) is 0 Å². The van der Waals surface area contributed by atoms with Crippen molar-refractivity contribution >= 4 is 68.4 Å². The lowest BCUT2D eigenvalue weighted by atomic mass is 10.1. The van der Waals surface area contributed by atoms with Crippen molar-refractivity contribution in [2.24, 2.45) is 11.5 Å². The van der Waals surface area contributed by atoms with Crippen molar-refractivity contribution < 1.29 is 45.6 Å². The zero-order chi connectivity index (χ0) is 59.6. The zero-order valence-electron chi connectivity index (χ0n) is 51.2. The maximum Gasteiger partial charge on any atom is 0.0809 e. The van der Waals surface area contributed by atoms with Gasteiger partial charge in [0.15, 0.2) is 0 Å². The van der Waals surface area contributed by atoms with Gasteiger partial charge in [0.05, 0.1) is 61.5 Å². The number of hydrogen-bond donors (Lipinski definition) is 12. The Balaban J connectivity index is -0.000000496. The predicted octanol–water partition coefficient (Wildman–Crippen LogP) is 8.17. The highest BCUT2D eigenvalue weighted by Crippen LogP contribution is 2.22. The standard InChI is InChI=1S/C24H52N2O4S2.2C12H27NO2S.C5H10O.C4H12N2S2/c1-5-9-21(27)17-25(18-22(28)10-6-2)13-15-31-32-16-14-26(19-23(29)11-7-3)20-24(30)12-8-4;2*1-3-5-11(14)9-13(7-8-16)10-12(15)6-4-2;1-2-3-5-4-6-5;5-1-3-7-8-4-2-6/h21-24,27-30H,5-20H2,1-4H3;2*11-12,14-16H,3-10H2,1-2H3;5H,2-4H2,1H3;1-6H2. The van der Waals surface area contributed by atoms with Gasteiger partial charge in [0.2, 0.25) is 0 Å². The summed E-state index contributed by atoms with van der Waals surface area (Å²) < 4.78 is 4.95. The Hall–Kier alpha value is 1.50. The van der Waals surface area contributed by atoms with Crippen molar-refractivity contribution in [3.05, 3.63) is 0 Å². The first-order valence-electron chi connectivity index (χ1n) is 30.5. The maximum atomic E-state index is 10.2. The molecule has 476 valence electrons. The number of ether oxygens (including phenoxy) is 1. The second-order valence-corrected chi connectivity index (χ2v) is 26.9. The molecular formula is C57H128N6O9S6. The molecule has 15 nitrogen and oxygen atoms in total. The molecule has 0 aromatic rings. The second kappa shape index (κ2) is 66.0. The number of rotatable bonds is 50. The second-order valence-electron chi connectivity index (χ2n) is 20.6. The van der Waals surface area contributed by atoms with E-state index >= 15 is 0 Å². The minimum absolute atomic E-state index is 0.279. The largest absolute Gasteiger partial charge is 0.392 e. The number of aliphatic hydroxyl groups is 8. The van der Waals surface area contributed by atoms with Crippen LogP contribution in [0.15, 0.2) is 0 Å². The van der Waals surface area contributed by atoms with Gasteiger partial charge in [0.25, 0.3) is 0 Å². The van der Waals surface area contributed by atoms with Crippen LogP contribution >= 0.6 is 68.4 Å². The molecule has 9 unspecified atom stereocenters. The van der Waals surface area contributed by atoms with E-state index in [0.29, 0.717) is 58.5 Å². The maximum absolute atomic E-state index is 10.2. The predicted molar refractivity (Wildman–Crippen MR) is 353 cm³/mol. The molecule has 1 aliphatic heterocycles. The van der Waals surface area contributed by atoms with Gasteiger partial charge in [-0.1, -0.05) is 163 Å². The Bertz CT molecular complexity index is 1020.